The molecule has 0 aromatic heterocycles. The number of aryl methyl sites for hydroxylation is 1. The quantitative estimate of drug-likeness (QED) is 0.777. The first-order valence-corrected chi connectivity index (χ1v) is 5.74. The van der Waals surface area contributed by atoms with Crippen molar-refractivity contribution in [3.05, 3.63) is 35.6 Å². The maximum absolute atomic E-state index is 13.3. The second-order valence-electron chi connectivity index (χ2n) is 4.29. The Bertz CT molecular complexity index is 315. The van der Waals surface area contributed by atoms with Gasteiger partial charge in [-0.25, -0.2) is 4.39 Å². The molecule has 3 heteroatoms. The van der Waals surface area contributed by atoms with Crippen LogP contribution in [0.2, 0.25) is 0 Å². The van der Waals surface area contributed by atoms with Crippen molar-refractivity contribution < 1.29 is 9.50 Å². The molecule has 1 unspecified atom stereocenters. The average molecular weight is 225 g/mol. The molecule has 2 N–H and O–H groups in total. The summed E-state index contributed by atoms with van der Waals surface area (Å²) in [7, 11) is 0. The van der Waals surface area contributed by atoms with Crippen molar-refractivity contribution in [2.24, 2.45) is 0 Å². The van der Waals surface area contributed by atoms with E-state index in [0.717, 1.165) is 18.4 Å². The summed E-state index contributed by atoms with van der Waals surface area (Å²) in [5.74, 6) is -0.134. The predicted molar refractivity (Wildman–Crippen MR) is 63.9 cm³/mol. The zero-order valence-corrected chi connectivity index (χ0v) is 9.91. The highest BCUT2D eigenvalue weighted by molar-refractivity contribution is 5.17. The molecular formula is C13H20FNO. The highest BCUT2D eigenvalue weighted by atomic mass is 19.1. The Labute approximate surface area is 96.5 Å². The number of rotatable bonds is 6. The van der Waals surface area contributed by atoms with E-state index in [1.165, 1.54) is 6.07 Å². The van der Waals surface area contributed by atoms with E-state index in [0.29, 0.717) is 6.54 Å². The number of aliphatic hydroxyl groups excluding tert-OH is 1. The van der Waals surface area contributed by atoms with Crippen LogP contribution in [0.4, 0.5) is 4.39 Å². The minimum absolute atomic E-state index is 0.134. The summed E-state index contributed by atoms with van der Waals surface area (Å²) in [5.41, 5.74) is 0.758. The number of hydrogen-bond donors (Lipinski definition) is 2. The van der Waals surface area contributed by atoms with Crippen molar-refractivity contribution in [3.63, 3.8) is 0 Å². The Morgan fingerprint density at radius 1 is 1.31 bits per heavy atom. The van der Waals surface area contributed by atoms with Crippen LogP contribution in [0.3, 0.4) is 0 Å². The second kappa shape index (κ2) is 6.61. The zero-order valence-electron chi connectivity index (χ0n) is 9.91. The first kappa shape index (κ1) is 13.1. The molecule has 2 nitrogen and oxygen atoms in total. The fourth-order valence-electron chi connectivity index (χ4n) is 1.55. The Morgan fingerprint density at radius 2 is 2.00 bits per heavy atom. The number of hydrogen-bond acceptors (Lipinski definition) is 2. The van der Waals surface area contributed by atoms with Gasteiger partial charge in [0.25, 0.3) is 0 Å². The van der Waals surface area contributed by atoms with Gasteiger partial charge in [0.15, 0.2) is 0 Å². The Kier molecular flexibility index (Phi) is 5.43. The molecule has 90 valence electrons. The molecular weight excluding hydrogens is 205 g/mol. The molecule has 1 rings (SSSR count). The lowest BCUT2D eigenvalue weighted by Crippen LogP contribution is -2.32. The van der Waals surface area contributed by atoms with Crippen LogP contribution in [-0.2, 0) is 6.42 Å². The van der Waals surface area contributed by atoms with E-state index in [1.54, 1.807) is 13.0 Å². The highest BCUT2D eigenvalue weighted by Crippen LogP contribution is 2.10. The number of nitrogens with one attached hydrogen (secondary N) is 1. The lowest BCUT2D eigenvalue weighted by Gasteiger charge is -2.15. The molecule has 0 saturated carbocycles. The molecule has 0 saturated heterocycles. The summed E-state index contributed by atoms with van der Waals surface area (Å²) in [6.07, 6.45) is 1.25. The molecule has 0 heterocycles. The van der Waals surface area contributed by atoms with Gasteiger partial charge in [-0.1, -0.05) is 18.2 Å². The van der Waals surface area contributed by atoms with Gasteiger partial charge in [-0.2, -0.15) is 0 Å². The fourth-order valence-corrected chi connectivity index (χ4v) is 1.55. The fraction of sp³-hybridized carbons (Fsp3) is 0.538. The van der Waals surface area contributed by atoms with Gasteiger partial charge < -0.3 is 10.4 Å². The van der Waals surface area contributed by atoms with Crippen molar-refractivity contribution in [2.45, 2.75) is 38.8 Å². The zero-order chi connectivity index (χ0) is 12.0. The van der Waals surface area contributed by atoms with Crippen molar-refractivity contribution in [1.82, 2.24) is 5.32 Å². The molecule has 0 aliphatic heterocycles. The van der Waals surface area contributed by atoms with Crippen molar-refractivity contribution in [1.29, 1.82) is 0 Å². The molecule has 0 fully saturated rings. The smallest absolute Gasteiger partial charge is 0.126 e. The first-order chi connectivity index (χ1) is 7.59. The summed E-state index contributed by atoms with van der Waals surface area (Å²) >= 11 is 0. The molecule has 2 atom stereocenters. The molecule has 1 aromatic carbocycles. The normalized spacial score (nSPS) is 14.8. The van der Waals surface area contributed by atoms with Gasteiger partial charge in [-0.15, -0.1) is 0 Å². The van der Waals surface area contributed by atoms with Gasteiger partial charge in [-0.05, 0) is 38.3 Å². The third-order valence-corrected chi connectivity index (χ3v) is 2.57. The third kappa shape index (κ3) is 4.73. The van der Waals surface area contributed by atoms with E-state index >= 15 is 0 Å². The Balaban J connectivity index is 2.31. The molecule has 0 bridgehead atoms. The SMILES string of the molecule is CC(CCc1ccccc1F)NC[C@@H](C)O. The van der Waals surface area contributed by atoms with Crippen molar-refractivity contribution >= 4 is 0 Å². The summed E-state index contributed by atoms with van der Waals surface area (Å²) < 4.78 is 13.3. The van der Waals surface area contributed by atoms with Crippen LogP contribution in [-0.4, -0.2) is 23.8 Å². The molecule has 0 amide bonds. The second-order valence-corrected chi connectivity index (χ2v) is 4.29. The van der Waals surface area contributed by atoms with Crippen LogP contribution >= 0.6 is 0 Å². The molecule has 16 heavy (non-hydrogen) atoms. The summed E-state index contributed by atoms with van der Waals surface area (Å²) in [4.78, 5) is 0. The van der Waals surface area contributed by atoms with Crippen LogP contribution in [0.15, 0.2) is 24.3 Å². The van der Waals surface area contributed by atoms with E-state index < -0.39 is 0 Å². The first-order valence-electron chi connectivity index (χ1n) is 5.74. The van der Waals surface area contributed by atoms with Gasteiger partial charge >= 0.3 is 0 Å². The lowest BCUT2D eigenvalue weighted by molar-refractivity contribution is 0.186. The summed E-state index contributed by atoms with van der Waals surface area (Å²) in [5, 5.41) is 12.3. The van der Waals surface area contributed by atoms with Gasteiger partial charge in [0.1, 0.15) is 5.82 Å². The summed E-state index contributed by atoms with van der Waals surface area (Å²) in [6, 6.07) is 7.15. The third-order valence-electron chi connectivity index (χ3n) is 2.57. The number of benzene rings is 1. The van der Waals surface area contributed by atoms with Crippen molar-refractivity contribution in [2.75, 3.05) is 6.54 Å². The van der Waals surface area contributed by atoms with Crippen LogP contribution in [0.5, 0.6) is 0 Å². The monoisotopic (exact) mass is 225 g/mol. The Hall–Kier alpha value is -0.930. The van der Waals surface area contributed by atoms with Gasteiger partial charge in [0, 0.05) is 12.6 Å². The van der Waals surface area contributed by atoms with Gasteiger partial charge in [0.2, 0.25) is 0 Å². The van der Waals surface area contributed by atoms with Gasteiger partial charge in [-0.3, -0.25) is 0 Å². The average Bonchev–Trinajstić information content (AvgIpc) is 2.25. The predicted octanol–water partition coefficient (Wildman–Crippen LogP) is 2.12. The van der Waals surface area contributed by atoms with E-state index in [-0.39, 0.29) is 18.0 Å². The molecule has 1 aromatic rings. The molecule has 0 aliphatic carbocycles. The van der Waals surface area contributed by atoms with E-state index in [1.807, 2.05) is 19.1 Å². The standard InChI is InChI=1S/C13H20FNO/c1-10(15-9-11(2)16)7-8-12-5-3-4-6-13(12)14/h3-6,10-11,15-16H,7-9H2,1-2H3/t10?,11-/m1/s1. The van der Waals surface area contributed by atoms with Crippen LogP contribution in [0.25, 0.3) is 0 Å². The maximum atomic E-state index is 13.3. The molecule has 0 radical (unpaired) electrons. The largest absolute Gasteiger partial charge is 0.392 e. The minimum Gasteiger partial charge on any atom is -0.392 e. The number of halogens is 1. The van der Waals surface area contributed by atoms with E-state index in [9.17, 15) is 4.39 Å². The Morgan fingerprint density at radius 3 is 2.62 bits per heavy atom. The van der Waals surface area contributed by atoms with Crippen molar-refractivity contribution in [3.8, 4) is 0 Å². The summed E-state index contributed by atoms with van der Waals surface area (Å²) in [6.45, 7) is 4.37. The minimum atomic E-state index is -0.337. The van der Waals surface area contributed by atoms with Crippen LogP contribution < -0.4 is 5.32 Å². The van der Waals surface area contributed by atoms with E-state index in [4.69, 9.17) is 5.11 Å². The molecule has 0 aliphatic rings. The number of aliphatic hydroxyl groups is 1. The van der Waals surface area contributed by atoms with Gasteiger partial charge in [0.05, 0.1) is 6.10 Å². The van der Waals surface area contributed by atoms with E-state index in [2.05, 4.69) is 5.32 Å². The van der Waals surface area contributed by atoms with Crippen LogP contribution in [0.1, 0.15) is 25.8 Å². The van der Waals surface area contributed by atoms with Crippen LogP contribution in [0, 0.1) is 5.82 Å². The maximum Gasteiger partial charge on any atom is 0.126 e. The highest BCUT2D eigenvalue weighted by Gasteiger charge is 2.05. The lowest BCUT2D eigenvalue weighted by atomic mass is 10.1. The topological polar surface area (TPSA) is 32.3 Å². The molecule has 0 spiro atoms.